The summed E-state index contributed by atoms with van der Waals surface area (Å²) in [7, 11) is 0. The standard InChI is InChI=1S/C19H26ClN3O4/c20-16-1-3-17(4-2-16)27-12-7-21-19(25)23-8-5-15(6-9-23)18(24)22-10-13-26-14-11-22/h1-4,15H,5-14H2,(H,21,25). The Hall–Kier alpha value is -1.99. The Labute approximate surface area is 164 Å². The van der Waals surface area contributed by atoms with Crippen LogP contribution in [0.4, 0.5) is 4.79 Å². The molecule has 27 heavy (non-hydrogen) atoms. The summed E-state index contributed by atoms with van der Waals surface area (Å²) < 4.78 is 10.9. The highest BCUT2D eigenvalue weighted by atomic mass is 35.5. The third-order valence-electron chi connectivity index (χ3n) is 4.91. The van der Waals surface area contributed by atoms with Gasteiger partial charge in [-0.3, -0.25) is 4.79 Å². The van der Waals surface area contributed by atoms with Crippen LogP contribution in [0.5, 0.6) is 5.75 Å². The highest BCUT2D eigenvalue weighted by Crippen LogP contribution is 2.20. The van der Waals surface area contributed by atoms with Gasteiger partial charge in [-0.05, 0) is 37.1 Å². The summed E-state index contributed by atoms with van der Waals surface area (Å²) in [5.74, 6) is 0.936. The third kappa shape index (κ3) is 5.74. The first-order valence-electron chi connectivity index (χ1n) is 9.41. The maximum absolute atomic E-state index is 12.5. The zero-order chi connectivity index (χ0) is 19.1. The molecule has 2 aliphatic heterocycles. The van der Waals surface area contributed by atoms with Gasteiger partial charge in [0, 0.05) is 37.1 Å². The number of halogens is 1. The van der Waals surface area contributed by atoms with E-state index in [9.17, 15) is 9.59 Å². The van der Waals surface area contributed by atoms with Gasteiger partial charge in [0.2, 0.25) is 5.91 Å². The van der Waals surface area contributed by atoms with Crippen LogP contribution in [-0.2, 0) is 9.53 Å². The molecule has 0 aliphatic carbocycles. The highest BCUT2D eigenvalue weighted by molar-refractivity contribution is 6.30. The Morgan fingerprint density at radius 3 is 2.41 bits per heavy atom. The topological polar surface area (TPSA) is 71.1 Å². The van der Waals surface area contributed by atoms with E-state index in [0.29, 0.717) is 70.4 Å². The molecule has 1 N–H and O–H groups in total. The lowest BCUT2D eigenvalue weighted by atomic mass is 9.95. The van der Waals surface area contributed by atoms with Gasteiger partial charge < -0.3 is 24.6 Å². The third-order valence-corrected chi connectivity index (χ3v) is 5.17. The highest BCUT2D eigenvalue weighted by Gasteiger charge is 2.30. The van der Waals surface area contributed by atoms with E-state index in [1.165, 1.54) is 0 Å². The number of benzene rings is 1. The average Bonchev–Trinajstić information content (AvgIpc) is 2.72. The number of morpholine rings is 1. The van der Waals surface area contributed by atoms with Crippen molar-refractivity contribution < 1.29 is 19.1 Å². The van der Waals surface area contributed by atoms with E-state index >= 15 is 0 Å². The van der Waals surface area contributed by atoms with Gasteiger partial charge in [0.05, 0.1) is 19.8 Å². The van der Waals surface area contributed by atoms with Gasteiger partial charge in [0.1, 0.15) is 12.4 Å². The largest absolute Gasteiger partial charge is 0.492 e. The molecular formula is C19H26ClN3O4. The van der Waals surface area contributed by atoms with E-state index in [1.54, 1.807) is 29.2 Å². The smallest absolute Gasteiger partial charge is 0.317 e. The number of hydrogen-bond acceptors (Lipinski definition) is 4. The molecule has 0 radical (unpaired) electrons. The van der Waals surface area contributed by atoms with Crippen LogP contribution in [0.15, 0.2) is 24.3 Å². The van der Waals surface area contributed by atoms with E-state index in [0.717, 1.165) is 5.75 Å². The van der Waals surface area contributed by atoms with Crippen molar-refractivity contribution in [3.05, 3.63) is 29.3 Å². The van der Waals surface area contributed by atoms with Gasteiger partial charge in [0.15, 0.2) is 0 Å². The van der Waals surface area contributed by atoms with Crippen molar-refractivity contribution in [3.8, 4) is 5.75 Å². The Morgan fingerprint density at radius 1 is 1.07 bits per heavy atom. The van der Waals surface area contributed by atoms with Crippen LogP contribution < -0.4 is 10.1 Å². The lowest BCUT2D eigenvalue weighted by molar-refractivity contribution is -0.141. The second-order valence-corrected chi connectivity index (χ2v) is 7.17. The fourth-order valence-electron chi connectivity index (χ4n) is 3.34. The summed E-state index contributed by atoms with van der Waals surface area (Å²) in [6.45, 7) is 4.60. The van der Waals surface area contributed by atoms with Gasteiger partial charge in [0.25, 0.3) is 0 Å². The Kier molecular flexibility index (Phi) is 7.18. The summed E-state index contributed by atoms with van der Waals surface area (Å²) in [5, 5.41) is 3.52. The minimum atomic E-state index is -0.105. The number of urea groups is 1. The van der Waals surface area contributed by atoms with Gasteiger partial charge in [-0.1, -0.05) is 11.6 Å². The van der Waals surface area contributed by atoms with E-state index in [4.69, 9.17) is 21.1 Å². The number of likely N-dealkylation sites (tertiary alicyclic amines) is 1. The normalized spacial score (nSPS) is 18.3. The average molecular weight is 396 g/mol. The lowest BCUT2D eigenvalue weighted by Crippen LogP contribution is -2.49. The molecular weight excluding hydrogens is 370 g/mol. The molecule has 8 heteroatoms. The van der Waals surface area contributed by atoms with Crippen molar-refractivity contribution in [2.24, 2.45) is 5.92 Å². The number of hydrogen-bond donors (Lipinski definition) is 1. The van der Waals surface area contributed by atoms with Gasteiger partial charge >= 0.3 is 6.03 Å². The van der Waals surface area contributed by atoms with E-state index in [2.05, 4.69) is 5.32 Å². The number of piperidine rings is 1. The molecule has 1 aromatic rings. The molecule has 2 aliphatic rings. The number of rotatable bonds is 5. The minimum absolute atomic E-state index is 0.0142. The first-order valence-corrected chi connectivity index (χ1v) is 9.79. The second kappa shape index (κ2) is 9.80. The van der Waals surface area contributed by atoms with Crippen molar-refractivity contribution in [3.63, 3.8) is 0 Å². The van der Waals surface area contributed by atoms with Crippen molar-refractivity contribution in [1.82, 2.24) is 15.1 Å². The summed E-state index contributed by atoms with van der Waals surface area (Å²) in [4.78, 5) is 28.4. The maximum Gasteiger partial charge on any atom is 0.317 e. The molecule has 0 unspecified atom stereocenters. The molecule has 1 aromatic carbocycles. The second-order valence-electron chi connectivity index (χ2n) is 6.73. The first kappa shape index (κ1) is 19.8. The number of carbonyl (C=O) groups excluding carboxylic acids is 2. The van der Waals surface area contributed by atoms with E-state index in [1.807, 2.05) is 4.90 Å². The van der Waals surface area contributed by atoms with Crippen molar-refractivity contribution >= 4 is 23.5 Å². The molecule has 3 amide bonds. The van der Waals surface area contributed by atoms with E-state index < -0.39 is 0 Å². The first-order chi connectivity index (χ1) is 13.1. The summed E-state index contributed by atoms with van der Waals surface area (Å²) in [6, 6.07) is 7.00. The number of nitrogens with one attached hydrogen (secondary N) is 1. The predicted molar refractivity (Wildman–Crippen MR) is 102 cm³/mol. The SMILES string of the molecule is O=C(NCCOc1ccc(Cl)cc1)N1CCC(C(=O)N2CCOCC2)CC1. The van der Waals surface area contributed by atoms with Gasteiger partial charge in [-0.25, -0.2) is 4.79 Å². The van der Waals surface area contributed by atoms with Crippen LogP contribution in [0.3, 0.4) is 0 Å². The fourth-order valence-corrected chi connectivity index (χ4v) is 3.47. The number of nitrogens with zero attached hydrogens (tertiary/aromatic N) is 2. The molecule has 0 atom stereocenters. The van der Waals surface area contributed by atoms with Crippen LogP contribution in [0.1, 0.15) is 12.8 Å². The summed E-state index contributed by atoms with van der Waals surface area (Å²) >= 11 is 5.83. The summed E-state index contributed by atoms with van der Waals surface area (Å²) in [5.41, 5.74) is 0. The fraction of sp³-hybridized carbons (Fsp3) is 0.579. The van der Waals surface area contributed by atoms with Crippen LogP contribution in [-0.4, -0.2) is 74.3 Å². The quantitative estimate of drug-likeness (QED) is 0.774. The van der Waals surface area contributed by atoms with Crippen LogP contribution in [0.25, 0.3) is 0 Å². The Morgan fingerprint density at radius 2 is 1.74 bits per heavy atom. The molecule has 0 saturated carbocycles. The molecule has 0 aromatic heterocycles. The summed E-state index contributed by atoms with van der Waals surface area (Å²) in [6.07, 6.45) is 1.43. The number of amides is 3. The molecule has 0 spiro atoms. The molecule has 2 fully saturated rings. The van der Waals surface area contributed by atoms with Crippen molar-refractivity contribution in [2.75, 3.05) is 52.5 Å². The molecule has 2 heterocycles. The zero-order valence-corrected chi connectivity index (χ0v) is 16.1. The monoisotopic (exact) mass is 395 g/mol. The van der Waals surface area contributed by atoms with Gasteiger partial charge in [-0.2, -0.15) is 0 Å². The Balaban J connectivity index is 1.33. The minimum Gasteiger partial charge on any atom is -0.492 e. The van der Waals surface area contributed by atoms with Crippen LogP contribution in [0, 0.1) is 5.92 Å². The van der Waals surface area contributed by atoms with Crippen molar-refractivity contribution in [2.45, 2.75) is 12.8 Å². The van der Waals surface area contributed by atoms with Crippen LogP contribution in [0.2, 0.25) is 5.02 Å². The molecule has 7 nitrogen and oxygen atoms in total. The number of carbonyl (C=O) groups is 2. The van der Waals surface area contributed by atoms with Gasteiger partial charge in [-0.15, -0.1) is 0 Å². The predicted octanol–water partition coefficient (Wildman–Crippen LogP) is 2.00. The molecule has 148 valence electrons. The molecule has 0 bridgehead atoms. The Bertz CT molecular complexity index is 626. The van der Waals surface area contributed by atoms with E-state index in [-0.39, 0.29) is 17.9 Å². The molecule has 3 rings (SSSR count). The zero-order valence-electron chi connectivity index (χ0n) is 15.4. The number of ether oxygens (including phenoxy) is 2. The maximum atomic E-state index is 12.5. The van der Waals surface area contributed by atoms with Crippen molar-refractivity contribution in [1.29, 1.82) is 0 Å². The van der Waals surface area contributed by atoms with Crippen LogP contribution >= 0.6 is 11.6 Å². The lowest BCUT2D eigenvalue weighted by Gasteiger charge is -2.35. The molecule has 2 saturated heterocycles.